The normalized spacial score (nSPS) is 11.5. The first-order valence-corrected chi connectivity index (χ1v) is 9.53. The Kier molecular flexibility index (Phi) is 8.17. The smallest absolute Gasteiger partial charge is 0.255 e. The van der Waals surface area contributed by atoms with Crippen molar-refractivity contribution in [2.24, 2.45) is 0 Å². The number of methoxy groups -OCH3 is 1. The van der Waals surface area contributed by atoms with Crippen molar-refractivity contribution in [2.75, 3.05) is 39.8 Å². The highest BCUT2D eigenvalue weighted by Gasteiger charge is 2.24. The van der Waals surface area contributed by atoms with Gasteiger partial charge in [-0.3, -0.25) is 4.79 Å². The van der Waals surface area contributed by atoms with Gasteiger partial charge in [0.05, 0.1) is 17.6 Å². The molecule has 0 saturated heterocycles. The molecule has 0 fully saturated rings. The van der Waals surface area contributed by atoms with Crippen LogP contribution >= 0.6 is 0 Å². The Labute approximate surface area is 144 Å². The number of benzene rings is 1. The van der Waals surface area contributed by atoms with Crippen molar-refractivity contribution in [3.05, 3.63) is 23.8 Å². The topological polar surface area (TPSA) is 87.7 Å². The molecular formula is C16H27N3O4S. The summed E-state index contributed by atoms with van der Waals surface area (Å²) < 4.78 is 31.8. The van der Waals surface area contributed by atoms with Crippen LogP contribution in [0, 0.1) is 0 Å². The van der Waals surface area contributed by atoms with Crippen molar-refractivity contribution >= 4 is 15.9 Å². The van der Waals surface area contributed by atoms with Gasteiger partial charge in [-0.1, -0.05) is 20.8 Å². The SMILES string of the molecule is CCNCCNC(=O)c1cc(S(=O)(=O)N(CC)CC)ccc1OC. The van der Waals surface area contributed by atoms with Crippen LogP contribution in [-0.4, -0.2) is 58.5 Å². The van der Waals surface area contributed by atoms with Crippen LogP contribution in [0.25, 0.3) is 0 Å². The van der Waals surface area contributed by atoms with E-state index >= 15 is 0 Å². The maximum Gasteiger partial charge on any atom is 0.255 e. The number of hydrogen-bond donors (Lipinski definition) is 2. The summed E-state index contributed by atoms with van der Waals surface area (Å²) in [6.45, 7) is 8.18. The van der Waals surface area contributed by atoms with Gasteiger partial charge in [0.1, 0.15) is 5.75 Å². The summed E-state index contributed by atoms with van der Waals surface area (Å²) in [5.74, 6) is -0.0178. The monoisotopic (exact) mass is 357 g/mol. The molecule has 0 heterocycles. The first kappa shape index (κ1) is 20.4. The van der Waals surface area contributed by atoms with Gasteiger partial charge in [-0.05, 0) is 24.7 Å². The lowest BCUT2D eigenvalue weighted by atomic mass is 10.2. The molecule has 2 N–H and O–H groups in total. The highest BCUT2D eigenvalue weighted by molar-refractivity contribution is 7.89. The number of ether oxygens (including phenoxy) is 1. The molecule has 0 aliphatic carbocycles. The molecular weight excluding hydrogens is 330 g/mol. The number of nitrogens with zero attached hydrogens (tertiary/aromatic N) is 1. The van der Waals surface area contributed by atoms with E-state index < -0.39 is 10.0 Å². The van der Waals surface area contributed by atoms with E-state index in [4.69, 9.17) is 4.74 Å². The average Bonchev–Trinajstić information content (AvgIpc) is 2.58. The number of likely N-dealkylation sites (N-methyl/N-ethyl adjacent to an activating group) is 1. The second-order valence-electron chi connectivity index (χ2n) is 5.06. The molecule has 1 rings (SSSR count). The van der Waals surface area contributed by atoms with Gasteiger partial charge in [-0.25, -0.2) is 8.42 Å². The predicted octanol–water partition coefficient (Wildman–Crippen LogP) is 1.07. The van der Waals surface area contributed by atoms with E-state index in [1.54, 1.807) is 13.8 Å². The van der Waals surface area contributed by atoms with Crippen molar-refractivity contribution < 1.29 is 17.9 Å². The van der Waals surface area contributed by atoms with Crippen LogP contribution < -0.4 is 15.4 Å². The first-order valence-electron chi connectivity index (χ1n) is 8.09. The minimum absolute atomic E-state index is 0.0869. The summed E-state index contributed by atoms with van der Waals surface area (Å²) in [6.07, 6.45) is 0. The van der Waals surface area contributed by atoms with Gasteiger partial charge >= 0.3 is 0 Å². The molecule has 24 heavy (non-hydrogen) atoms. The zero-order valence-corrected chi connectivity index (χ0v) is 15.6. The van der Waals surface area contributed by atoms with Crippen molar-refractivity contribution in [3.8, 4) is 5.75 Å². The minimum atomic E-state index is -3.63. The predicted molar refractivity (Wildman–Crippen MR) is 94.0 cm³/mol. The molecule has 1 aromatic rings. The average molecular weight is 357 g/mol. The highest BCUT2D eigenvalue weighted by Crippen LogP contribution is 2.24. The molecule has 0 aliphatic heterocycles. The van der Waals surface area contributed by atoms with Crippen molar-refractivity contribution in [3.63, 3.8) is 0 Å². The number of rotatable bonds is 10. The number of carbonyl (C=O) groups excluding carboxylic acids is 1. The Morgan fingerprint density at radius 2 is 1.83 bits per heavy atom. The van der Waals surface area contributed by atoms with Gasteiger partial charge in [0.15, 0.2) is 0 Å². The van der Waals surface area contributed by atoms with Crippen LogP contribution in [0.3, 0.4) is 0 Å². The molecule has 0 bridgehead atoms. The maximum absolute atomic E-state index is 12.6. The van der Waals surface area contributed by atoms with Crippen LogP contribution in [0.15, 0.2) is 23.1 Å². The highest BCUT2D eigenvalue weighted by atomic mass is 32.2. The quantitative estimate of drug-likeness (QED) is 0.612. The Hall–Kier alpha value is -1.64. The third-order valence-corrected chi connectivity index (χ3v) is 5.64. The fourth-order valence-corrected chi connectivity index (χ4v) is 3.76. The third-order valence-electron chi connectivity index (χ3n) is 3.60. The Balaban J connectivity index is 3.10. The van der Waals surface area contributed by atoms with Gasteiger partial charge in [-0.2, -0.15) is 4.31 Å². The zero-order valence-electron chi connectivity index (χ0n) is 14.8. The van der Waals surface area contributed by atoms with Crippen LogP contribution in [-0.2, 0) is 10.0 Å². The standard InChI is InChI=1S/C16H27N3O4S/c1-5-17-10-11-18-16(20)14-12-13(8-9-15(14)23-4)24(21,22)19(6-2)7-3/h8-9,12,17H,5-7,10-11H2,1-4H3,(H,18,20). The molecule has 0 radical (unpaired) electrons. The molecule has 0 spiro atoms. The molecule has 0 aromatic heterocycles. The summed E-state index contributed by atoms with van der Waals surface area (Å²) in [5, 5.41) is 5.86. The van der Waals surface area contributed by atoms with Crippen LogP contribution in [0.2, 0.25) is 0 Å². The largest absolute Gasteiger partial charge is 0.496 e. The minimum Gasteiger partial charge on any atom is -0.496 e. The summed E-state index contributed by atoms with van der Waals surface area (Å²) >= 11 is 0. The van der Waals surface area contributed by atoms with E-state index in [1.807, 2.05) is 6.92 Å². The third kappa shape index (κ3) is 4.93. The van der Waals surface area contributed by atoms with E-state index in [9.17, 15) is 13.2 Å². The molecule has 0 unspecified atom stereocenters. The molecule has 8 heteroatoms. The summed E-state index contributed by atoms with van der Waals surface area (Å²) in [6, 6.07) is 4.34. The van der Waals surface area contributed by atoms with E-state index in [0.29, 0.717) is 31.9 Å². The zero-order chi connectivity index (χ0) is 18.2. The molecule has 1 amide bonds. The lowest BCUT2D eigenvalue weighted by molar-refractivity contribution is 0.0950. The Bertz CT molecular complexity index is 643. The molecule has 0 saturated carbocycles. The van der Waals surface area contributed by atoms with E-state index in [-0.39, 0.29) is 16.4 Å². The number of sulfonamides is 1. The van der Waals surface area contributed by atoms with Crippen molar-refractivity contribution in [2.45, 2.75) is 25.7 Å². The van der Waals surface area contributed by atoms with E-state index in [2.05, 4.69) is 10.6 Å². The summed E-state index contributed by atoms with van der Waals surface area (Å²) in [7, 11) is -2.18. The molecule has 136 valence electrons. The molecule has 1 aromatic carbocycles. The summed E-state index contributed by atoms with van der Waals surface area (Å²) in [4.78, 5) is 12.4. The van der Waals surface area contributed by atoms with Crippen LogP contribution in [0.1, 0.15) is 31.1 Å². The number of hydrogen-bond acceptors (Lipinski definition) is 5. The van der Waals surface area contributed by atoms with Crippen molar-refractivity contribution in [1.82, 2.24) is 14.9 Å². The van der Waals surface area contributed by atoms with Gasteiger partial charge in [-0.15, -0.1) is 0 Å². The fraction of sp³-hybridized carbons (Fsp3) is 0.562. The summed E-state index contributed by atoms with van der Waals surface area (Å²) in [5.41, 5.74) is 0.210. The lowest BCUT2D eigenvalue weighted by Gasteiger charge is -2.19. The number of carbonyl (C=O) groups is 1. The van der Waals surface area contributed by atoms with E-state index in [1.165, 1.54) is 29.6 Å². The lowest BCUT2D eigenvalue weighted by Crippen LogP contribution is -2.33. The van der Waals surface area contributed by atoms with Gasteiger partial charge in [0.25, 0.3) is 5.91 Å². The second kappa shape index (κ2) is 9.61. The molecule has 0 atom stereocenters. The Morgan fingerprint density at radius 1 is 1.17 bits per heavy atom. The van der Waals surface area contributed by atoms with Crippen LogP contribution in [0.5, 0.6) is 5.75 Å². The van der Waals surface area contributed by atoms with E-state index in [0.717, 1.165) is 6.54 Å². The molecule has 0 aliphatic rings. The maximum atomic E-state index is 12.6. The van der Waals surface area contributed by atoms with Crippen LogP contribution in [0.4, 0.5) is 0 Å². The van der Waals surface area contributed by atoms with Gasteiger partial charge in [0.2, 0.25) is 10.0 Å². The molecule has 7 nitrogen and oxygen atoms in total. The number of amides is 1. The number of nitrogens with one attached hydrogen (secondary N) is 2. The fourth-order valence-electron chi connectivity index (χ4n) is 2.27. The Morgan fingerprint density at radius 3 is 2.38 bits per heavy atom. The van der Waals surface area contributed by atoms with Gasteiger partial charge < -0.3 is 15.4 Å². The van der Waals surface area contributed by atoms with Gasteiger partial charge in [0, 0.05) is 26.2 Å². The first-order chi connectivity index (χ1) is 11.4. The second-order valence-corrected chi connectivity index (χ2v) is 7.00. The van der Waals surface area contributed by atoms with Crippen molar-refractivity contribution in [1.29, 1.82) is 0 Å².